The van der Waals surface area contributed by atoms with Gasteiger partial charge in [0.15, 0.2) is 15.9 Å². The number of nitrogens with zero attached hydrogens (tertiary/aromatic N) is 1. The fourth-order valence-corrected chi connectivity index (χ4v) is 5.50. The molecule has 0 saturated heterocycles. The quantitative estimate of drug-likeness (QED) is 0.366. The Morgan fingerprint density at radius 3 is 2.33 bits per heavy atom. The zero-order valence-electron chi connectivity index (χ0n) is 21.0. The van der Waals surface area contributed by atoms with Crippen molar-refractivity contribution in [1.82, 2.24) is 0 Å². The normalized spacial score (nSPS) is 15.0. The molecule has 3 aromatic carbocycles. The van der Waals surface area contributed by atoms with Gasteiger partial charge in [-0.1, -0.05) is 35.3 Å². The van der Waals surface area contributed by atoms with Crippen LogP contribution in [-0.2, 0) is 22.7 Å². The van der Waals surface area contributed by atoms with Crippen molar-refractivity contribution >= 4 is 50.3 Å². The van der Waals surface area contributed by atoms with Gasteiger partial charge in [-0.15, -0.1) is 0 Å². The van der Waals surface area contributed by atoms with E-state index in [9.17, 15) is 26.4 Å². The van der Waals surface area contributed by atoms with Crippen LogP contribution in [0.3, 0.4) is 0 Å². The van der Waals surface area contributed by atoms with E-state index < -0.39 is 28.0 Å². The van der Waals surface area contributed by atoms with Crippen LogP contribution >= 0.6 is 23.2 Å². The van der Waals surface area contributed by atoms with Crippen molar-refractivity contribution in [3.05, 3.63) is 81.3 Å². The van der Waals surface area contributed by atoms with Crippen LogP contribution in [-0.4, -0.2) is 46.0 Å². The van der Waals surface area contributed by atoms with E-state index in [1.165, 1.54) is 16.2 Å². The van der Waals surface area contributed by atoms with Crippen molar-refractivity contribution in [2.75, 3.05) is 29.6 Å². The van der Waals surface area contributed by atoms with Crippen molar-refractivity contribution < 1.29 is 31.1 Å². The van der Waals surface area contributed by atoms with Crippen molar-refractivity contribution in [3.63, 3.8) is 0 Å². The Bertz CT molecular complexity index is 1510. The molecule has 0 saturated carbocycles. The van der Waals surface area contributed by atoms with Gasteiger partial charge in [0.1, 0.15) is 5.75 Å². The Morgan fingerprint density at radius 1 is 1.03 bits per heavy atom. The predicted octanol–water partition coefficient (Wildman–Crippen LogP) is 6.58. The molecule has 2 heterocycles. The van der Waals surface area contributed by atoms with Gasteiger partial charge in [-0.25, -0.2) is 8.42 Å². The van der Waals surface area contributed by atoms with Gasteiger partial charge in [0, 0.05) is 40.8 Å². The second kappa shape index (κ2) is 11.3. The molecule has 39 heavy (non-hydrogen) atoms. The van der Waals surface area contributed by atoms with Crippen molar-refractivity contribution in [2.45, 2.75) is 36.9 Å². The fourth-order valence-electron chi connectivity index (χ4n) is 4.32. The van der Waals surface area contributed by atoms with Gasteiger partial charge in [0.25, 0.3) is 5.91 Å². The number of carbonyl (C=O) groups excluding carboxylic acids is 1. The van der Waals surface area contributed by atoms with E-state index in [1.54, 1.807) is 18.2 Å². The Kier molecular flexibility index (Phi) is 8.39. The Labute approximate surface area is 234 Å². The van der Waals surface area contributed by atoms with Crippen LogP contribution in [0.25, 0.3) is 0 Å². The van der Waals surface area contributed by atoms with E-state index in [2.05, 4.69) is 11.4 Å². The molecule has 6 nitrogen and oxygen atoms in total. The number of halogens is 5. The molecule has 0 bridgehead atoms. The zero-order chi connectivity index (χ0) is 28.5. The number of carbonyl (C=O) groups is 1. The van der Waals surface area contributed by atoms with E-state index in [0.717, 1.165) is 54.9 Å². The first-order valence-corrected chi connectivity index (χ1v) is 14.6. The van der Waals surface area contributed by atoms with Gasteiger partial charge in [-0.3, -0.25) is 4.79 Å². The average molecular weight is 601 g/mol. The zero-order valence-corrected chi connectivity index (χ0v) is 23.3. The molecule has 1 amide bonds. The van der Waals surface area contributed by atoms with Gasteiger partial charge in [0.2, 0.25) is 0 Å². The molecule has 0 spiro atoms. The molecule has 0 aromatic heterocycles. The maximum absolute atomic E-state index is 13.2. The largest absolute Gasteiger partial charge is 0.480 e. The monoisotopic (exact) mass is 600 g/mol. The number of ether oxygens (including phenoxy) is 1. The molecule has 3 aromatic rings. The minimum absolute atomic E-state index is 0.196. The highest BCUT2D eigenvalue weighted by Gasteiger charge is 2.39. The summed E-state index contributed by atoms with van der Waals surface area (Å²) in [5, 5.41) is 4.62. The van der Waals surface area contributed by atoms with Crippen LogP contribution < -0.4 is 15.0 Å². The lowest BCUT2D eigenvalue weighted by Crippen LogP contribution is -2.33. The van der Waals surface area contributed by atoms with E-state index in [0.29, 0.717) is 17.1 Å². The number of anilines is 2. The third kappa shape index (κ3) is 6.45. The molecule has 208 valence electrons. The minimum Gasteiger partial charge on any atom is -0.480 e. The second-order valence-corrected chi connectivity index (χ2v) is 11.9. The molecule has 0 fully saturated rings. The number of hydrogen-bond acceptors (Lipinski definition) is 5. The smallest absolute Gasteiger partial charge is 0.425 e. The number of benzene rings is 3. The molecular formula is C27H25Cl2F3N2O4S. The minimum atomic E-state index is -4.65. The summed E-state index contributed by atoms with van der Waals surface area (Å²) < 4.78 is 67.6. The van der Waals surface area contributed by atoms with Crippen LogP contribution in [0, 0.1) is 0 Å². The lowest BCUT2D eigenvalue weighted by molar-refractivity contribution is -0.189. The Hall–Kier alpha value is -2.95. The molecule has 2 aliphatic heterocycles. The summed E-state index contributed by atoms with van der Waals surface area (Å²) in [6, 6.07) is 14.2. The van der Waals surface area contributed by atoms with Crippen LogP contribution in [0.1, 0.15) is 28.4 Å². The SMILES string of the molecule is C[C@H](Oc1ccc(S(C)(=O)=O)cc1C(=O)N1CCc2c(Cl)cccc21)C(F)(F)F.Clc1cccc2c1CCN2. The number of rotatable bonds is 4. The maximum Gasteiger partial charge on any atom is 0.425 e. The van der Waals surface area contributed by atoms with Gasteiger partial charge >= 0.3 is 6.18 Å². The van der Waals surface area contributed by atoms with Crippen molar-refractivity contribution in [3.8, 4) is 5.75 Å². The molecule has 0 aliphatic carbocycles. The number of amides is 1. The number of hydrogen-bond donors (Lipinski definition) is 1. The highest BCUT2D eigenvalue weighted by atomic mass is 35.5. The summed E-state index contributed by atoms with van der Waals surface area (Å²) in [4.78, 5) is 14.3. The van der Waals surface area contributed by atoms with Crippen molar-refractivity contribution in [1.29, 1.82) is 0 Å². The number of fused-ring (bicyclic) bond motifs is 2. The number of alkyl halides is 3. The van der Waals surface area contributed by atoms with Crippen LogP contribution in [0.2, 0.25) is 10.0 Å². The first-order valence-electron chi connectivity index (χ1n) is 12.0. The number of sulfone groups is 1. The molecule has 0 unspecified atom stereocenters. The maximum atomic E-state index is 13.2. The standard InChI is InChI=1S/C19H17ClF3NO4S.C8H8ClN/c1-11(19(21,22)23)28-17-7-6-12(29(2,26)27)10-14(17)18(25)24-9-8-13-15(20)4-3-5-16(13)24;9-7-2-1-3-8-6(7)4-5-10-8/h3-7,10-11H,8-9H2,1-2H3;1-3,10H,4-5H2/t11-;/m0./s1. The van der Waals surface area contributed by atoms with Crippen LogP contribution in [0.5, 0.6) is 5.75 Å². The Balaban J connectivity index is 0.000000292. The average Bonchev–Trinajstić information content (AvgIpc) is 3.52. The molecule has 5 rings (SSSR count). The highest BCUT2D eigenvalue weighted by molar-refractivity contribution is 7.90. The summed E-state index contributed by atoms with van der Waals surface area (Å²) >= 11 is 12.1. The fraction of sp³-hybridized carbons (Fsp3) is 0.296. The molecule has 1 N–H and O–H groups in total. The van der Waals surface area contributed by atoms with Gasteiger partial charge in [-0.2, -0.15) is 13.2 Å². The topological polar surface area (TPSA) is 75.7 Å². The van der Waals surface area contributed by atoms with Crippen LogP contribution in [0.15, 0.2) is 59.5 Å². The lowest BCUT2D eigenvalue weighted by atomic mass is 10.1. The van der Waals surface area contributed by atoms with E-state index in [4.69, 9.17) is 27.9 Å². The molecule has 1 atom stereocenters. The lowest BCUT2D eigenvalue weighted by Gasteiger charge is -2.23. The van der Waals surface area contributed by atoms with E-state index in [-0.39, 0.29) is 22.8 Å². The first kappa shape index (κ1) is 29.0. The predicted molar refractivity (Wildman–Crippen MR) is 146 cm³/mol. The molecule has 0 radical (unpaired) electrons. The summed E-state index contributed by atoms with van der Waals surface area (Å²) in [5.41, 5.74) is 3.48. The summed E-state index contributed by atoms with van der Waals surface area (Å²) in [6.07, 6.45) is -4.35. The summed E-state index contributed by atoms with van der Waals surface area (Å²) in [5.74, 6) is -1.01. The first-order chi connectivity index (χ1) is 18.3. The third-order valence-corrected chi connectivity index (χ3v) is 8.22. The number of nitrogens with one attached hydrogen (secondary N) is 1. The second-order valence-electron chi connectivity index (χ2n) is 9.12. The van der Waals surface area contributed by atoms with Gasteiger partial charge in [-0.05, 0) is 73.4 Å². The van der Waals surface area contributed by atoms with E-state index >= 15 is 0 Å². The third-order valence-electron chi connectivity index (χ3n) is 6.40. The van der Waals surface area contributed by atoms with Gasteiger partial charge < -0.3 is 15.0 Å². The summed E-state index contributed by atoms with van der Waals surface area (Å²) in [7, 11) is -3.69. The summed E-state index contributed by atoms with van der Waals surface area (Å²) in [6.45, 7) is 2.10. The molecular weight excluding hydrogens is 576 g/mol. The van der Waals surface area contributed by atoms with E-state index in [1.807, 2.05) is 12.1 Å². The molecule has 2 aliphatic rings. The molecule has 12 heteroatoms. The van der Waals surface area contributed by atoms with Crippen molar-refractivity contribution in [2.24, 2.45) is 0 Å². The van der Waals surface area contributed by atoms with Gasteiger partial charge in [0.05, 0.1) is 10.5 Å². The van der Waals surface area contributed by atoms with Crippen LogP contribution in [0.4, 0.5) is 24.5 Å². The highest BCUT2D eigenvalue weighted by Crippen LogP contribution is 2.36. The Morgan fingerprint density at radius 2 is 1.69 bits per heavy atom.